The highest BCUT2D eigenvalue weighted by Crippen LogP contribution is 2.39. The molecule has 68 heavy (non-hydrogen) atoms. The molecule has 0 saturated heterocycles. The molecule has 0 amide bonds. The Bertz CT molecular complexity index is 1260. The van der Waals surface area contributed by atoms with Gasteiger partial charge in [0.05, 0.1) is 19.3 Å². The molecule has 0 aliphatic carbocycles. The predicted octanol–water partition coefficient (Wildman–Crippen LogP) is 14.5. The predicted molar refractivity (Wildman–Crippen MR) is 310 cm³/mol. The van der Waals surface area contributed by atoms with Crippen LogP contribution in [0.25, 0.3) is 0 Å². The highest BCUT2D eigenvalue weighted by molar-refractivity contribution is 8.77. The number of ether oxygens (including phenoxy) is 3. The van der Waals surface area contributed by atoms with Crippen molar-refractivity contribution in [2.45, 2.75) is 181 Å². The summed E-state index contributed by atoms with van der Waals surface area (Å²) < 4.78 is 16.7. The Morgan fingerprint density at radius 3 is 1.22 bits per heavy atom. The van der Waals surface area contributed by atoms with Gasteiger partial charge in [-0.25, -0.2) is 0 Å². The summed E-state index contributed by atoms with van der Waals surface area (Å²) in [5.74, 6) is 5.16. The van der Waals surface area contributed by atoms with Gasteiger partial charge < -0.3 is 29.3 Å². The third-order valence-corrected chi connectivity index (χ3v) is 19.4. The van der Waals surface area contributed by atoms with Gasteiger partial charge in [0.15, 0.2) is 0 Å². The van der Waals surface area contributed by atoms with Crippen LogP contribution in [-0.2, 0) is 28.6 Å². The fraction of sp³-hybridized carbons (Fsp3) is 0.943. The monoisotopic (exact) mass is 1070 g/mol. The lowest BCUT2D eigenvalue weighted by atomic mass is 9.77. The topological polar surface area (TPSA) is 97.4 Å². The van der Waals surface area contributed by atoms with Crippen molar-refractivity contribution in [2.24, 2.45) is 32.5 Å². The van der Waals surface area contributed by atoms with E-state index in [1.807, 2.05) is 32.4 Å². The number of hydrogen-bond donors (Lipinski definition) is 1. The van der Waals surface area contributed by atoms with E-state index in [9.17, 15) is 14.4 Å². The zero-order chi connectivity index (χ0) is 51.8. The highest BCUT2D eigenvalue weighted by atomic mass is 33.1. The quantitative estimate of drug-likeness (QED) is 0.0272. The number of unbranched alkanes of at least 4 members (excludes halogenated alkanes) is 2. The minimum atomic E-state index is -0.176. The average Bonchev–Trinajstić information content (AvgIpc) is 3.20. The lowest BCUT2D eigenvalue weighted by molar-refractivity contribution is -0.144. The van der Waals surface area contributed by atoms with E-state index >= 15 is 0 Å². The molecule has 9 nitrogen and oxygen atoms in total. The first-order valence-electron chi connectivity index (χ1n) is 25.8. The highest BCUT2D eigenvalue weighted by Gasteiger charge is 2.26. The Hall–Kier alpha value is 0.390. The van der Waals surface area contributed by atoms with Gasteiger partial charge in [0, 0.05) is 54.2 Å². The van der Waals surface area contributed by atoms with Crippen molar-refractivity contribution < 1.29 is 28.6 Å². The van der Waals surface area contributed by atoms with E-state index in [2.05, 4.69) is 126 Å². The average molecular weight is 1070 g/mol. The summed E-state index contributed by atoms with van der Waals surface area (Å²) in [7, 11) is 13.2. The second-order valence-electron chi connectivity index (χ2n) is 24.8. The Balaban J connectivity index is 4.55. The van der Waals surface area contributed by atoms with Gasteiger partial charge in [-0.2, -0.15) is 0 Å². The van der Waals surface area contributed by atoms with Crippen molar-refractivity contribution in [3.63, 3.8) is 0 Å². The zero-order valence-corrected chi connectivity index (χ0v) is 51.5. The van der Waals surface area contributed by atoms with Crippen molar-refractivity contribution in [3.05, 3.63) is 0 Å². The van der Waals surface area contributed by atoms with Crippen LogP contribution in [0.4, 0.5) is 0 Å². The summed E-state index contributed by atoms with van der Waals surface area (Å²) in [6.45, 7) is 41.6. The summed E-state index contributed by atoms with van der Waals surface area (Å²) in [6.07, 6.45) is 11.2. The molecule has 1 N–H and O–H groups in total. The van der Waals surface area contributed by atoms with Gasteiger partial charge >= 0.3 is 17.9 Å². The SMILES string of the molecule is CN(CCCCNCCC(=O)OCCSSCC(C)(C)CC(C)(C)C)CCCCN(CCC(=O)OCCSSCC(C)(C)CCC(C)(C)C)CCC(=O)OCCSSCC(C)(C)CCC(C)(C)C. The van der Waals surface area contributed by atoms with Crippen LogP contribution in [-0.4, -0.2) is 135 Å². The molecule has 0 unspecified atom stereocenters. The van der Waals surface area contributed by atoms with Crippen LogP contribution in [0.15, 0.2) is 0 Å². The molecule has 0 aromatic heterocycles. The van der Waals surface area contributed by atoms with Crippen LogP contribution in [0, 0.1) is 32.5 Å². The first kappa shape index (κ1) is 68.4. The maximum Gasteiger partial charge on any atom is 0.307 e. The number of rotatable bonds is 42. The van der Waals surface area contributed by atoms with E-state index in [1.54, 1.807) is 32.4 Å². The summed E-state index contributed by atoms with van der Waals surface area (Å²) in [5, 5.41) is 3.40. The van der Waals surface area contributed by atoms with Crippen molar-refractivity contribution in [2.75, 3.05) is 107 Å². The molecule has 0 atom stereocenters. The molecule has 0 aromatic rings. The molecule has 0 aliphatic rings. The largest absolute Gasteiger partial charge is 0.465 e. The number of carbonyl (C=O) groups excluding carboxylic acids is 3. The minimum absolute atomic E-state index is 0.128. The first-order valence-corrected chi connectivity index (χ1v) is 33.3. The second kappa shape index (κ2) is 37.2. The molecule has 0 fully saturated rings. The summed E-state index contributed by atoms with van der Waals surface area (Å²) >= 11 is 0. The Kier molecular flexibility index (Phi) is 37.4. The molecule has 0 radical (unpaired) electrons. The van der Waals surface area contributed by atoms with Gasteiger partial charge in [0.2, 0.25) is 0 Å². The van der Waals surface area contributed by atoms with Crippen LogP contribution in [0.5, 0.6) is 0 Å². The molecule has 0 aromatic carbocycles. The van der Waals surface area contributed by atoms with Gasteiger partial charge in [-0.3, -0.25) is 14.4 Å². The smallest absolute Gasteiger partial charge is 0.307 e. The van der Waals surface area contributed by atoms with E-state index in [-0.39, 0.29) is 28.7 Å². The Morgan fingerprint density at radius 1 is 0.426 bits per heavy atom. The van der Waals surface area contributed by atoms with Crippen molar-refractivity contribution in [1.29, 1.82) is 0 Å². The summed E-state index contributed by atoms with van der Waals surface area (Å²) in [5.41, 5.74) is 1.90. The van der Waals surface area contributed by atoms with Gasteiger partial charge in [0.1, 0.15) is 19.8 Å². The van der Waals surface area contributed by atoms with E-state index in [0.29, 0.717) is 80.4 Å². The number of hydrogen-bond acceptors (Lipinski definition) is 15. The third kappa shape index (κ3) is 47.4. The van der Waals surface area contributed by atoms with E-state index in [1.165, 1.54) is 32.1 Å². The number of esters is 3. The molecule has 0 spiro atoms. The molecule has 0 bridgehead atoms. The van der Waals surface area contributed by atoms with Crippen LogP contribution >= 0.6 is 64.8 Å². The summed E-state index contributed by atoms with van der Waals surface area (Å²) in [6, 6.07) is 0. The maximum absolute atomic E-state index is 12.8. The molecular weight excluding hydrogens is 967 g/mol. The first-order chi connectivity index (χ1) is 31.5. The molecule has 0 rings (SSSR count). The maximum atomic E-state index is 12.8. The van der Waals surface area contributed by atoms with E-state index in [4.69, 9.17) is 14.2 Å². The van der Waals surface area contributed by atoms with Crippen LogP contribution in [0.2, 0.25) is 0 Å². The van der Waals surface area contributed by atoms with E-state index < -0.39 is 0 Å². The van der Waals surface area contributed by atoms with Gasteiger partial charge in [0.25, 0.3) is 0 Å². The standard InChI is InChI=1S/C53H105N3O6S6/c1-48(2,3)24-26-51(10,11)42-66-63-39-36-61-46(58)22-33-56(34-23-47(59)62-37-40-64-67-43-52(12,13)27-25-49(4,5)6)32-20-19-31-55(16)30-18-17-28-54-29-21-45(57)60-35-38-65-68-44-53(14,15)41-50(7,8)9/h54H,17-44H2,1-16H3. The lowest BCUT2D eigenvalue weighted by Crippen LogP contribution is -2.31. The van der Waals surface area contributed by atoms with E-state index in [0.717, 1.165) is 86.4 Å². The minimum Gasteiger partial charge on any atom is -0.465 e. The molecule has 0 saturated carbocycles. The number of nitrogens with one attached hydrogen (secondary N) is 1. The van der Waals surface area contributed by atoms with Crippen LogP contribution in [0.3, 0.4) is 0 Å². The zero-order valence-electron chi connectivity index (χ0n) is 46.6. The fourth-order valence-electron chi connectivity index (χ4n) is 7.23. The Labute approximate surface area is 444 Å². The lowest BCUT2D eigenvalue weighted by Gasteiger charge is -2.31. The van der Waals surface area contributed by atoms with Crippen LogP contribution in [0.1, 0.15) is 181 Å². The Morgan fingerprint density at radius 2 is 0.809 bits per heavy atom. The second-order valence-corrected chi connectivity index (χ2v) is 32.6. The number of nitrogens with zero attached hydrogens (tertiary/aromatic N) is 2. The third-order valence-electron chi connectivity index (χ3n) is 11.2. The van der Waals surface area contributed by atoms with Gasteiger partial charge in [-0.05, 0) is 124 Å². The number of carbonyl (C=O) groups is 3. The normalized spacial score (nSPS) is 13.1. The molecular formula is C53H105N3O6S6. The van der Waals surface area contributed by atoms with Crippen LogP contribution < -0.4 is 5.32 Å². The molecule has 0 aliphatic heterocycles. The van der Waals surface area contributed by atoms with Crippen molar-refractivity contribution in [3.8, 4) is 0 Å². The fourth-order valence-corrected chi connectivity index (χ4v) is 14.9. The summed E-state index contributed by atoms with van der Waals surface area (Å²) in [4.78, 5) is 42.4. The van der Waals surface area contributed by atoms with Crippen molar-refractivity contribution >= 4 is 82.7 Å². The molecule has 15 heteroatoms. The van der Waals surface area contributed by atoms with Gasteiger partial charge in [-0.15, -0.1) is 0 Å². The molecule has 0 heterocycles. The van der Waals surface area contributed by atoms with Gasteiger partial charge in [-0.1, -0.05) is 169 Å². The molecule has 404 valence electrons. The van der Waals surface area contributed by atoms with Crippen molar-refractivity contribution in [1.82, 2.24) is 15.1 Å².